The number of para-hydroxylation sites is 2. The first-order valence-corrected chi connectivity index (χ1v) is 7.81. The van der Waals surface area contributed by atoms with Crippen LogP contribution in [0.2, 0.25) is 0 Å². The summed E-state index contributed by atoms with van der Waals surface area (Å²) in [6, 6.07) is 15.0. The second-order valence-corrected chi connectivity index (χ2v) is 5.38. The van der Waals surface area contributed by atoms with Gasteiger partial charge in [-0.15, -0.1) is 0 Å². The summed E-state index contributed by atoms with van der Waals surface area (Å²) in [7, 11) is 2.47. The Morgan fingerprint density at radius 2 is 1.88 bits per heavy atom. The molecule has 7 heteroatoms. The quantitative estimate of drug-likeness (QED) is 0.542. The number of rotatable bonds is 5. The van der Waals surface area contributed by atoms with Crippen LogP contribution in [-0.2, 0) is 19.1 Å². The molecule has 2 N–H and O–H groups in total. The van der Waals surface area contributed by atoms with Gasteiger partial charge in [0.2, 0.25) is 0 Å². The number of carbonyl (C=O) groups excluding carboxylic acids is 2. The van der Waals surface area contributed by atoms with Gasteiger partial charge in [-0.3, -0.25) is 0 Å². The molecule has 3 aromatic rings. The van der Waals surface area contributed by atoms with Crippen LogP contribution in [0.4, 0.5) is 5.69 Å². The van der Waals surface area contributed by atoms with Gasteiger partial charge in [0.25, 0.3) is 0 Å². The number of aromatic amines is 1. The minimum absolute atomic E-state index is 0.0268. The molecule has 0 saturated heterocycles. The Morgan fingerprint density at radius 1 is 1.08 bits per heavy atom. The molecule has 0 aliphatic heterocycles. The van der Waals surface area contributed by atoms with Crippen LogP contribution in [0.3, 0.4) is 0 Å². The molecule has 0 spiro atoms. The standard InChI is InChI=1S/C19H17N3O4/c1-25-17(23)11-16(19(24)26-2)20-13-7-5-6-12(10-13)18-21-14-8-3-4-9-15(14)22-18/h3-11,20H,1-2H3,(H,21,22)/b16-11+. The molecule has 3 rings (SSSR count). The van der Waals surface area contributed by atoms with E-state index in [0.717, 1.165) is 22.7 Å². The first-order valence-electron chi connectivity index (χ1n) is 7.81. The van der Waals surface area contributed by atoms with E-state index in [4.69, 9.17) is 0 Å². The summed E-state index contributed by atoms with van der Waals surface area (Å²) in [5.74, 6) is -0.637. The Balaban J connectivity index is 1.91. The van der Waals surface area contributed by atoms with Gasteiger partial charge in [0.15, 0.2) is 0 Å². The third-order valence-electron chi connectivity index (χ3n) is 3.67. The Labute approximate surface area is 149 Å². The Hall–Kier alpha value is -3.61. The van der Waals surface area contributed by atoms with Crippen LogP contribution in [0.1, 0.15) is 0 Å². The monoisotopic (exact) mass is 351 g/mol. The fraction of sp³-hybridized carbons (Fsp3) is 0.105. The molecule has 0 radical (unpaired) electrons. The number of nitrogens with zero attached hydrogens (tertiary/aromatic N) is 1. The average molecular weight is 351 g/mol. The lowest BCUT2D eigenvalue weighted by Gasteiger charge is -2.10. The van der Waals surface area contributed by atoms with Crippen LogP contribution in [0, 0.1) is 0 Å². The van der Waals surface area contributed by atoms with Crippen molar-refractivity contribution < 1.29 is 19.1 Å². The van der Waals surface area contributed by atoms with E-state index in [-0.39, 0.29) is 5.70 Å². The van der Waals surface area contributed by atoms with Crippen molar-refractivity contribution in [1.29, 1.82) is 0 Å². The number of hydrogen-bond acceptors (Lipinski definition) is 6. The molecule has 0 unspecified atom stereocenters. The van der Waals surface area contributed by atoms with E-state index in [1.807, 2.05) is 42.5 Å². The zero-order valence-electron chi connectivity index (χ0n) is 14.3. The van der Waals surface area contributed by atoms with E-state index in [9.17, 15) is 9.59 Å². The van der Waals surface area contributed by atoms with Crippen molar-refractivity contribution >= 4 is 28.7 Å². The van der Waals surface area contributed by atoms with Crippen LogP contribution < -0.4 is 5.32 Å². The Kier molecular flexibility index (Phi) is 4.98. The summed E-state index contributed by atoms with van der Waals surface area (Å²) in [4.78, 5) is 31.1. The molecule has 0 atom stereocenters. The fourth-order valence-corrected chi connectivity index (χ4v) is 2.42. The number of anilines is 1. The second kappa shape index (κ2) is 7.52. The maximum Gasteiger partial charge on any atom is 0.354 e. The lowest BCUT2D eigenvalue weighted by atomic mass is 10.2. The van der Waals surface area contributed by atoms with Gasteiger partial charge >= 0.3 is 11.9 Å². The summed E-state index contributed by atoms with van der Waals surface area (Å²) in [5.41, 5.74) is 3.20. The zero-order chi connectivity index (χ0) is 18.5. The number of esters is 2. The molecule has 2 aromatic carbocycles. The normalized spacial score (nSPS) is 11.2. The minimum atomic E-state index is -0.676. The van der Waals surface area contributed by atoms with Crippen molar-refractivity contribution in [3.8, 4) is 11.4 Å². The summed E-state index contributed by atoms with van der Waals surface area (Å²) in [6.07, 6.45) is 1.04. The van der Waals surface area contributed by atoms with Gasteiger partial charge in [-0.05, 0) is 24.3 Å². The predicted octanol–water partition coefficient (Wildman–Crippen LogP) is 2.87. The van der Waals surface area contributed by atoms with Crippen LogP contribution in [0.5, 0.6) is 0 Å². The highest BCUT2D eigenvalue weighted by Gasteiger charge is 2.13. The van der Waals surface area contributed by atoms with Crippen molar-refractivity contribution in [3.05, 3.63) is 60.3 Å². The molecule has 0 fully saturated rings. The maximum atomic E-state index is 11.9. The van der Waals surface area contributed by atoms with Crippen LogP contribution in [0.15, 0.2) is 60.3 Å². The van der Waals surface area contributed by atoms with Gasteiger partial charge < -0.3 is 19.8 Å². The highest BCUT2D eigenvalue weighted by Crippen LogP contribution is 2.23. The number of hydrogen-bond donors (Lipinski definition) is 2. The SMILES string of the molecule is COC(=O)/C=C(/Nc1cccc(-c2nc3ccccc3[nH]2)c1)C(=O)OC. The third kappa shape index (κ3) is 3.72. The Bertz CT molecular complexity index is 958. The van der Waals surface area contributed by atoms with Crippen molar-refractivity contribution in [2.45, 2.75) is 0 Å². The maximum absolute atomic E-state index is 11.9. The number of fused-ring (bicyclic) bond motifs is 1. The number of imidazole rings is 1. The molecule has 1 heterocycles. The molecule has 7 nitrogen and oxygen atoms in total. The first-order chi connectivity index (χ1) is 12.6. The molecule has 0 amide bonds. The summed E-state index contributed by atoms with van der Waals surface area (Å²) < 4.78 is 9.25. The number of ether oxygens (including phenoxy) is 2. The average Bonchev–Trinajstić information content (AvgIpc) is 3.11. The van der Waals surface area contributed by atoms with E-state index < -0.39 is 11.9 Å². The van der Waals surface area contributed by atoms with Crippen LogP contribution >= 0.6 is 0 Å². The Morgan fingerprint density at radius 3 is 2.62 bits per heavy atom. The van der Waals surface area contributed by atoms with Gasteiger partial charge in [-0.1, -0.05) is 24.3 Å². The minimum Gasteiger partial charge on any atom is -0.466 e. The van der Waals surface area contributed by atoms with Crippen molar-refractivity contribution in [3.63, 3.8) is 0 Å². The van der Waals surface area contributed by atoms with Gasteiger partial charge in [-0.2, -0.15) is 0 Å². The van der Waals surface area contributed by atoms with Crippen molar-refractivity contribution in [2.75, 3.05) is 19.5 Å². The molecular weight excluding hydrogens is 334 g/mol. The number of H-pyrrole nitrogens is 1. The molecule has 26 heavy (non-hydrogen) atoms. The number of aromatic nitrogens is 2. The lowest BCUT2D eigenvalue weighted by molar-refractivity contribution is -0.138. The molecule has 0 aliphatic carbocycles. The molecule has 0 bridgehead atoms. The largest absolute Gasteiger partial charge is 0.466 e. The topological polar surface area (TPSA) is 93.3 Å². The number of benzene rings is 2. The van der Waals surface area contributed by atoms with E-state index >= 15 is 0 Å². The van der Waals surface area contributed by atoms with Crippen molar-refractivity contribution in [2.24, 2.45) is 0 Å². The number of methoxy groups -OCH3 is 2. The fourth-order valence-electron chi connectivity index (χ4n) is 2.42. The van der Waals surface area contributed by atoms with Gasteiger partial charge in [-0.25, -0.2) is 14.6 Å². The molecule has 1 aromatic heterocycles. The predicted molar refractivity (Wildman–Crippen MR) is 97.3 cm³/mol. The zero-order valence-corrected chi connectivity index (χ0v) is 14.3. The molecule has 0 aliphatic rings. The molecular formula is C19H17N3O4. The highest BCUT2D eigenvalue weighted by molar-refractivity contribution is 5.98. The van der Waals surface area contributed by atoms with E-state index in [0.29, 0.717) is 11.5 Å². The highest BCUT2D eigenvalue weighted by atomic mass is 16.5. The van der Waals surface area contributed by atoms with E-state index in [1.54, 1.807) is 6.07 Å². The van der Waals surface area contributed by atoms with Gasteiger partial charge in [0, 0.05) is 11.3 Å². The second-order valence-electron chi connectivity index (χ2n) is 5.38. The smallest absolute Gasteiger partial charge is 0.354 e. The molecule has 132 valence electrons. The first kappa shape index (κ1) is 17.2. The van der Waals surface area contributed by atoms with E-state index in [1.165, 1.54) is 14.2 Å². The summed E-state index contributed by atoms with van der Waals surface area (Å²) in [6.45, 7) is 0. The number of carbonyl (C=O) groups is 2. The third-order valence-corrected chi connectivity index (χ3v) is 3.67. The van der Waals surface area contributed by atoms with Crippen molar-refractivity contribution in [1.82, 2.24) is 9.97 Å². The van der Waals surface area contributed by atoms with Gasteiger partial charge in [0.1, 0.15) is 11.5 Å². The number of nitrogens with one attached hydrogen (secondary N) is 2. The van der Waals surface area contributed by atoms with Crippen LogP contribution in [0.25, 0.3) is 22.4 Å². The summed E-state index contributed by atoms with van der Waals surface area (Å²) in [5, 5.41) is 2.88. The molecule has 0 saturated carbocycles. The summed E-state index contributed by atoms with van der Waals surface area (Å²) >= 11 is 0. The van der Waals surface area contributed by atoms with E-state index in [2.05, 4.69) is 24.8 Å². The van der Waals surface area contributed by atoms with Crippen LogP contribution in [-0.4, -0.2) is 36.1 Å². The van der Waals surface area contributed by atoms with Gasteiger partial charge in [0.05, 0.1) is 31.3 Å². The lowest BCUT2D eigenvalue weighted by Crippen LogP contribution is -2.15.